The van der Waals surface area contributed by atoms with Crippen LogP contribution in [0.4, 0.5) is 5.69 Å². The molecule has 1 heterocycles. The highest BCUT2D eigenvalue weighted by Crippen LogP contribution is 2.22. The molecule has 0 saturated carbocycles. The number of aryl methyl sites for hydroxylation is 2. The molecule has 1 amide bonds. The van der Waals surface area contributed by atoms with Gasteiger partial charge in [-0.05, 0) is 44.5 Å². The van der Waals surface area contributed by atoms with Crippen molar-refractivity contribution in [3.05, 3.63) is 87.2 Å². The van der Waals surface area contributed by atoms with Gasteiger partial charge in [-0.15, -0.1) is 0 Å². The van der Waals surface area contributed by atoms with Gasteiger partial charge >= 0.3 is 0 Å². The van der Waals surface area contributed by atoms with E-state index in [4.69, 9.17) is 11.6 Å². The molecule has 146 valence electrons. The Bertz CT molecular complexity index is 1120. The molecule has 0 aliphatic carbocycles. The van der Waals surface area contributed by atoms with Crippen LogP contribution in [0.2, 0.25) is 5.02 Å². The lowest BCUT2D eigenvalue weighted by atomic mass is 10.1. The number of rotatable bonds is 5. The van der Waals surface area contributed by atoms with Crippen molar-refractivity contribution in [2.75, 3.05) is 5.32 Å². The Balaban J connectivity index is 1.86. The molecule has 0 unspecified atom stereocenters. The summed E-state index contributed by atoms with van der Waals surface area (Å²) in [5.74, 6) is -0.509. The van der Waals surface area contributed by atoms with Gasteiger partial charge in [0.05, 0.1) is 22.9 Å². The zero-order chi connectivity index (χ0) is 21.0. The van der Waals surface area contributed by atoms with Gasteiger partial charge < -0.3 is 5.32 Å². The quantitative estimate of drug-likeness (QED) is 0.477. The molecule has 3 aromatic rings. The zero-order valence-corrected chi connectivity index (χ0v) is 17.3. The van der Waals surface area contributed by atoms with Gasteiger partial charge in [0, 0.05) is 11.3 Å². The highest BCUT2D eigenvalue weighted by molar-refractivity contribution is 6.34. The van der Waals surface area contributed by atoms with Gasteiger partial charge in [0.15, 0.2) is 0 Å². The van der Waals surface area contributed by atoms with Gasteiger partial charge in [0.25, 0.3) is 5.91 Å². The number of nitrogens with zero attached hydrogens (tertiary/aromatic N) is 3. The van der Waals surface area contributed by atoms with E-state index in [2.05, 4.69) is 34.7 Å². The zero-order valence-electron chi connectivity index (χ0n) is 16.5. The van der Waals surface area contributed by atoms with Gasteiger partial charge in [0.1, 0.15) is 11.6 Å². The fraction of sp³-hybridized carbons (Fsp3) is 0.174. The summed E-state index contributed by atoms with van der Waals surface area (Å²) in [5, 5.41) is 17.2. The van der Waals surface area contributed by atoms with Crippen molar-refractivity contribution < 1.29 is 4.79 Å². The van der Waals surface area contributed by atoms with Crippen molar-refractivity contribution in [2.45, 2.75) is 27.3 Å². The second kappa shape index (κ2) is 8.76. The summed E-state index contributed by atoms with van der Waals surface area (Å²) in [4.78, 5) is 12.6. The predicted molar refractivity (Wildman–Crippen MR) is 116 cm³/mol. The summed E-state index contributed by atoms with van der Waals surface area (Å²) in [6, 6.07) is 17.1. The van der Waals surface area contributed by atoms with Crippen molar-refractivity contribution in [1.82, 2.24) is 9.78 Å². The van der Waals surface area contributed by atoms with Crippen LogP contribution in [0.3, 0.4) is 0 Å². The second-order valence-electron chi connectivity index (χ2n) is 6.83. The number of carbonyl (C=O) groups excluding carboxylic acids is 1. The molecule has 0 saturated heterocycles. The molecular formula is C23H21ClN4O. The smallest absolute Gasteiger partial charge is 0.266 e. The average molecular weight is 405 g/mol. The third-order valence-electron chi connectivity index (χ3n) is 4.67. The van der Waals surface area contributed by atoms with Gasteiger partial charge in [-0.2, -0.15) is 10.4 Å². The van der Waals surface area contributed by atoms with Crippen LogP contribution >= 0.6 is 11.6 Å². The third-order valence-corrected chi connectivity index (χ3v) is 5.00. The molecule has 0 aliphatic rings. The molecule has 0 spiro atoms. The number of hydrogen-bond donors (Lipinski definition) is 1. The number of nitriles is 1. The van der Waals surface area contributed by atoms with Crippen molar-refractivity contribution in [2.24, 2.45) is 0 Å². The third kappa shape index (κ3) is 4.74. The van der Waals surface area contributed by atoms with E-state index in [1.807, 2.05) is 31.5 Å². The molecule has 6 heteroatoms. The predicted octanol–water partition coefficient (Wildman–Crippen LogP) is 5.06. The first-order valence-corrected chi connectivity index (χ1v) is 9.54. The first-order valence-electron chi connectivity index (χ1n) is 9.16. The molecule has 0 fully saturated rings. The van der Waals surface area contributed by atoms with Crippen LogP contribution in [0.15, 0.2) is 54.1 Å². The lowest BCUT2D eigenvalue weighted by Gasteiger charge is -2.07. The second-order valence-corrected chi connectivity index (χ2v) is 7.24. The van der Waals surface area contributed by atoms with Crippen LogP contribution < -0.4 is 5.32 Å². The Kier molecular flexibility index (Phi) is 6.16. The molecular weight excluding hydrogens is 384 g/mol. The Hall–Kier alpha value is -3.36. The molecule has 3 rings (SSSR count). The highest BCUT2D eigenvalue weighted by Gasteiger charge is 2.15. The number of aromatic nitrogens is 2. The van der Waals surface area contributed by atoms with Crippen LogP contribution in [-0.4, -0.2) is 15.7 Å². The fourth-order valence-corrected chi connectivity index (χ4v) is 3.17. The van der Waals surface area contributed by atoms with E-state index in [0.717, 1.165) is 22.5 Å². The molecule has 0 atom stereocenters. The number of halogens is 1. The van der Waals surface area contributed by atoms with E-state index in [9.17, 15) is 10.1 Å². The summed E-state index contributed by atoms with van der Waals surface area (Å²) in [6.07, 6.45) is 1.58. The maximum absolute atomic E-state index is 12.6. The lowest BCUT2D eigenvalue weighted by molar-refractivity contribution is -0.112. The first-order chi connectivity index (χ1) is 13.9. The van der Waals surface area contributed by atoms with E-state index in [1.165, 1.54) is 5.56 Å². The summed E-state index contributed by atoms with van der Waals surface area (Å²) >= 11 is 6.09. The minimum atomic E-state index is -0.509. The number of nitrogens with one attached hydrogen (secondary N) is 1. The topological polar surface area (TPSA) is 70.7 Å². The molecule has 0 aliphatic heterocycles. The molecule has 29 heavy (non-hydrogen) atoms. The van der Waals surface area contributed by atoms with E-state index in [-0.39, 0.29) is 5.57 Å². The Labute approximate surface area is 175 Å². The lowest BCUT2D eigenvalue weighted by Crippen LogP contribution is -2.13. The number of amides is 1. The highest BCUT2D eigenvalue weighted by atomic mass is 35.5. The number of benzene rings is 2. The molecule has 1 N–H and O–H groups in total. The number of hydrogen-bond acceptors (Lipinski definition) is 3. The summed E-state index contributed by atoms with van der Waals surface area (Å²) in [5.41, 5.74) is 5.20. The normalized spacial score (nSPS) is 11.2. The molecule has 0 bridgehead atoms. The minimum absolute atomic E-state index is 0.00833. The van der Waals surface area contributed by atoms with Gasteiger partial charge in [-0.1, -0.05) is 53.6 Å². The number of carbonyl (C=O) groups is 1. The largest absolute Gasteiger partial charge is 0.320 e. The van der Waals surface area contributed by atoms with Crippen LogP contribution in [-0.2, 0) is 11.3 Å². The van der Waals surface area contributed by atoms with E-state index in [1.54, 1.807) is 30.3 Å². The standard InChI is InChI=1S/C23H21ClN4O/c1-15-8-10-18(11-9-15)14-28-17(3)20(16(2)27-28)12-19(13-25)23(29)26-22-7-5-4-6-21(22)24/h4-12H,14H2,1-3H3,(H,26,29)/b19-12+. The van der Waals surface area contributed by atoms with Crippen LogP contribution in [0.1, 0.15) is 28.1 Å². The average Bonchev–Trinajstić information content (AvgIpc) is 2.96. The van der Waals surface area contributed by atoms with Crippen LogP contribution in [0.25, 0.3) is 6.08 Å². The summed E-state index contributed by atoms with van der Waals surface area (Å²) in [7, 11) is 0. The van der Waals surface area contributed by atoms with Crippen molar-refractivity contribution >= 4 is 29.3 Å². The molecule has 2 aromatic carbocycles. The Morgan fingerprint density at radius 2 is 1.86 bits per heavy atom. The number of para-hydroxylation sites is 1. The van der Waals surface area contributed by atoms with Crippen LogP contribution in [0, 0.1) is 32.1 Å². The monoisotopic (exact) mass is 404 g/mol. The number of anilines is 1. The van der Waals surface area contributed by atoms with Crippen molar-refractivity contribution in [1.29, 1.82) is 5.26 Å². The summed E-state index contributed by atoms with van der Waals surface area (Å²) < 4.78 is 1.88. The van der Waals surface area contributed by atoms with E-state index in [0.29, 0.717) is 17.3 Å². The summed E-state index contributed by atoms with van der Waals surface area (Å²) in [6.45, 7) is 6.47. The van der Waals surface area contributed by atoms with Gasteiger partial charge in [-0.3, -0.25) is 9.48 Å². The maximum Gasteiger partial charge on any atom is 0.266 e. The molecule has 0 radical (unpaired) electrons. The minimum Gasteiger partial charge on any atom is -0.320 e. The van der Waals surface area contributed by atoms with Gasteiger partial charge in [0.2, 0.25) is 0 Å². The molecule has 1 aromatic heterocycles. The fourth-order valence-electron chi connectivity index (χ4n) is 2.99. The molecule has 5 nitrogen and oxygen atoms in total. The van der Waals surface area contributed by atoms with E-state index >= 15 is 0 Å². The van der Waals surface area contributed by atoms with Crippen molar-refractivity contribution in [3.8, 4) is 6.07 Å². The van der Waals surface area contributed by atoms with Crippen LogP contribution in [0.5, 0.6) is 0 Å². The van der Waals surface area contributed by atoms with E-state index < -0.39 is 5.91 Å². The first kappa shape index (κ1) is 20.4. The Morgan fingerprint density at radius 1 is 1.17 bits per heavy atom. The SMILES string of the molecule is Cc1ccc(Cn2nc(C)c(/C=C(\C#N)C(=O)Nc3ccccc3Cl)c2C)cc1. The van der Waals surface area contributed by atoms with Gasteiger partial charge in [-0.25, -0.2) is 0 Å². The maximum atomic E-state index is 12.6. The Morgan fingerprint density at radius 3 is 2.52 bits per heavy atom. The van der Waals surface area contributed by atoms with Crippen molar-refractivity contribution in [3.63, 3.8) is 0 Å².